The van der Waals surface area contributed by atoms with Crippen molar-refractivity contribution in [2.45, 2.75) is 12.0 Å². The summed E-state index contributed by atoms with van der Waals surface area (Å²) < 4.78 is 5.56. The van der Waals surface area contributed by atoms with Crippen LogP contribution in [-0.4, -0.2) is 60.1 Å². The van der Waals surface area contributed by atoms with Gasteiger partial charge in [0.15, 0.2) is 0 Å². The summed E-state index contributed by atoms with van der Waals surface area (Å²) in [6.45, 7) is 5.24. The van der Waals surface area contributed by atoms with E-state index < -0.39 is 0 Å². The van der Waals surface area contributed by atoms with Crippen LogP contribution in [0, 0.1) is 5.92 Å². The van der Waals surface area contributed by atoms with Gasteiger partial charge in [-0.2, -0.15) is 0 Å². The van der Waals surface area contributed by atoms with Crippen LogP contribution in [0.5, 0.6) is 0 Å². The summed E-state index contributed by atoms with van der Waals surface area (Å²) >= 11 is 0. The predicted molar refractivity (Wildman–Crippen MR) is 94.5 cm³/mol. The van der Waals surface area contributed by atoms with Crippen LogP contribution in [0.2, 0.25) is 0 Å². The summed E-state index contributed by atoms with van der Waals surface area (Å²) in [5, 5.41) is 0. The van der Waals surface area contributed by atoms with E-state index in [2.05, 4.69) is 34.1 Å². The standard InChI is InChI=1S/C20H23N3O2/c24-20(14-5-6-21-11-14)23-12-17-15-3-1-2-4-16(15)19(18(17)13-23)22-7-9-25-10-8-22/h1-6,11,17-19,21H,7-10,12-13H2/t17-,18-,19-/m0/s1. The van der Waals surface area contributed by atoms with Crippen molar-refractivity contribution in [1.82, 2.24) is 14.8 Å². The Balaban J connectivity index is 1.46. The maximum Gasteiger partial charge on any atom is 0.255 e. The topological polar surface area (TPSA) is 48.6 Å². The molecule has 2 saturated heterocycles. The fraction of sp³-hybridized carbons (Fsp3) is 0.450. The molecule has 130 valence electrons. The molecule has 3 heterocycles. The Bertz CT molecular complexity index is 767. The number of carbonyl (C=O) groups is 1. The normalized spacial score (nSPS) is 28.8. The Kier molecular flexibility index (Phi) is 3.64. The molecule has 1 aliphatic carbocycles. The molecule has 1 aromatic carbocycles. The molecule has 2 aliphatic heterocycles. The predicted octanol–water partition coefficient (Wildman–Crippen LogP) is 2.26. The van der Waals surface area contributed by atoms with Crippen molar-refractivity contribution in [2.75, 3.05) is 39.4 Å². The molecule has 5 rings (SSSR count). The number of ether oxygens (including phenoxy) is 1. The number of hydrogen-bond acceptors (Lipinski definition) is 3. The molecule has 0 radical (unpaired) electrons. The monoisotopic (exact) mass is 337 g/mol. The largest absolute Gasteiger partial charge is 0.379 e. The van der Waals surface area contributed by atoms with Crippen LogP contribution < -0.4 is 0 Å². The fourth-order valence-corrected chi connectivity index (χ4v) is 4.95. The van der Waals surface area contributed by atoms with E-state index in [9.17, 15) is 4.79 Å². The zero-order chi connectivity index (χ0) is 16.8. The third-order valence-corrected chi connectivity index (χ3v) is 6.06. The van der Waals surface area contributed by atoms with Crippen molar-refractivity contribution in [3.05, 3.63) is 59.4 Å². The lowest BCUT2D eigenvalue weighted by atomic mass is 9.93. The highest BCUT2D eigenvalue weighted by atomic mass is 16.5. The highest BCUT2D eigenvalue weighted by Crippen LogP contribution is 2.51. The number of likely N-dealkylation sites (tertiary alicyclic amines) is 1. The Morgan fingerprint density at radius 1 is 1.08 bits per heavy atom. The average Bonchev–Trinajstić information content (AvgIpc) is 3.38. The molecule has 1 amide bonds. The second kappa shape index (κ2) is 6.00. The first-order chi connectivity index (χ1) is 12.3. The van der Waals surface area contributed by atoms with Crippen molar-refractivity contribution < 1.29 is 9.53 Å². The molecule has 5 nitrogen and oxygen atoms in total. The molecule has 5 heteroatoms. The lowest BCUT2D eigenvalue weighted by molar-refractivity contribution is 0.00482. The highest BCUT2D eigenvalue weighted by molar-refractivity contribution is 5.94. The maximum absolute atomic E-state index is 12.8. The van der Waals surface area contributed by atoms with E-state index in [1.54, 1.807) is 6.20 Å². The molecular formula is C20H23N3O2. The number of morpholine rings is 1. The molecule has 3 aliphatic rings. The van der Waals surface area contributed by atoms with E-state index in [-0.39, 0.29) is 5.91 Å². The number of hydrogen-bond donors (Lipinski definition) is 1. The van der Waals surface area contributed by atoms with Crippen molar-refractivity contribution in [1.29, 1.82) is 0 Å². The molecule has 0 unspecified atom stereocenters. The number of aromatic amines is 1. The van der Waals surface area contributed by atoms with Gasteiger partial charge in [-0.25, -0.2) is 0 Å². The van der Waals surface area contributed by atoms with Crippen LogP contribution in [0.4, 0.5) is 0 Å². The van der Waals surface area contributed by atoms with Gasteiger partial charge in [0.1, 0.15) is 0 Å². The van der Waals surface area contributed by atoms with Gasteiger partial charge in [0.25, 0.3) is 5.91 Å². The van der Waals surface area contributed by atoms with Gasteiger partial charge in [0, 0.05) is 56.5 Å². The number of fused-ring (bicyclic) bond motifs is 3. The number of amides is 1. The smallest absolute Gasteiger partial charge is 0.255 e. The molecule has 1 aromatic heterocycles. The Hall–Kier alpha value is -2.11. The van der Waals surface area contributed by atoms with Gasteiger partial charge in [-0.3, -0.25) is 9.69 Å². The van der Waals surface area contributed by atoms with E-state index in [0.29, 0.717) is 17.9 Å². The first-order valence-corrected chi connectivity index (χ1v) is 9.15. The molecule has 0 spiro atoms. The average molecular weight is 337 g/mol. The van der Waals surface area contributed by atoms with Crippen molar-refractivity contribution in [2.24, 2.45) is 5.92 Å². The molecule has 3 atom stereocenters. The van der Waals surface area contributed by atoms with E-state index >= 15 is 0 Å². The number of H-pyrrole nitrogens is 1. The summed E-state index contributed by atoms with van der Waals surface area (Å²) in [4.78, 5) is 20.4. The summed E-state index contributed by atoms with van der Waals surface area (Å²) in [6, 6.07) is 11.1. The zero-order valence-electron chi connectivity index (χ0n) is 14.2. The lowest BCUT2D eigenvalue weighted by Crippen LogP contribution is -2.42. The Labute approximate surface area is 147 Å². The first-order valence-electron chi connectivity index (χ1n) is 9.15. The molecule has 25 heavy (non-hydrogen) atoms. The summed E-state index contributed by atoms with van der Waals surface area (Å²) in [5.74, 6) is 1.08. The maximum atomic E-state index is 12.8. The molecule has 2 fully saturated rings. The number of nitrogens with one attached hydrogen (secondary N) is 1. The summed E-state index contributed by atoms with van der Waals surface area (Å²) in [6.07, 6.45) is 3.61. The first kappa shape index (κ1) is 15.2. The van der Waals surface area contributed by atoms with E-state index in [1.165, 1.54) is 11.1 Å². The highest BCUT2D eigenvalue weighted by Gasteiger charge is 2.49. The minimum Gasteiger partial charge on any atom is -0.379 e. The third kappa shape index (κ3) is 2.41. The van der Waals surface area contributed by atoms with E-state index in [4.69, 9.17) is 4.74 Å². The van der Waals surface area contributed by atoms with Crippen LogP contribution in [-0.2, 0) is 4.74 Å². The van der Waals surface area contributed by atoms with Crippen molar-refractivity contribution in [3.8, 4) is 0 Å². The molecular weight excluding hydrogens is 314 g/mol. The van der Waals surface area contributed by atoms with E-state index in [0.717, 1.165) is 45.0 Å². The van der Waals surface area contributed by atoms with Crippen molar-refractivity contribution >= 4 is 5.91 Å². The number of benzene rings is 1. The van der Waals surface area contributed by atoms with Crippen LogP contribution in [0.1, 0.15) is 33.4 Å². The van der Waals surface area contributed by atoms with Gasteiger partial charge in [-0.15, -0.1) is 0 Å². The number of carbonyl (C=O) groups excluding carboxylic acids is 1. The molecule has 0 saturated carbocycles. The van der Waals surface area contributed by atoms with E-state index in [1.807, 2.05) is 17.2 Å². The molecule has 1 N–H and O–H groups in total. The SMILES string of the molecule is O=C(c1cc[nH]c1)N1C[C@H]2[C@@H](C1)c1ccccc1[C@@H]2N1CCOCC1. The van der Waals surface area contributed by atoms with Crippen LogP contribution in [0.15, 0.2) is 42.7 Å². The Morgan fingerprint density at radius 3 is 2.64 bits per heavy atom. The summed E-state index contributed by atoms with van der Waals surface area (Å²) in [5.41, 5.74) is 3.66. The minimum atomic E-state index is 0.147. The van der Waals surface area contributed by atoms with Gasteiger partial charge < -0.3 is 14.6 Å². The van der Waals surface area contributed by atoms with Gasteiger partial charge in [0.2, 0.25) is 0 Å². The van der Waals surface area contributed by atoms with Gasteiger partial charge in [-0.1, -0.05) is 24.3 Å². The lowest BCUT2D eigenvalue weighted by Gasteiger charge is -2.36. The zero-order valence-corrected chi connectivity index (χ0v) is 14.2. The molecule has 0 bridgehead atoms. The van der Waals surface area contributed by atoms with Crippen LogP contribution in [0.25, 0.3) is 0 Å². The Morgan fingerprint density at radius 2 is 1.88 bits per heavy atom. The van der Waals surface area contributed by atoms with Gasteiger partial charge >= 0.3 is 0 Å². The summed E-state index contributed by atoms with van der Waals surface area (Å²) in [7, 11) is 0. The number of rotatable bonds is 2. The van der Waals surface area contributed by atoms with Crippen LogP contribution >= 0.6 is 0 Å². The number of aromatic nitrogens is 1. The second-order valence-corrected chi connectivity index (χ2v) is 7.30. The fourth-order valence-electron chi connectivity index (χ4n) is 4.95. The third-order valence-electron chi connectivity index (χ3n) is 6.06. The molecule has 2 aromatic rings. The second-order valence-electron chi connectivity index (χ2n) is 7.30. The van der Waals surface area contributed by atoms with Crippen LogP contribution in [0.3, 0.4) is 0 Å². The van der Waals surface area contributed by atoms with Gasteiger partial charge in [-0.05, 0) is 17.2 Å². The quantitative estimate of drug-likeness (QED) is 0.914. The minimum absolute atomic E-state index is 0.147. The number of nitrogens with zero attached hydrogens (tertiary/aromatic N) is 2. The van der Waals surface area contributed by atoms with Gasteiger partial charge in [0.05, 0.1) is 18.8 Å². The van der Waals surface area contributed by atoms with Crippen molar-refractivity contribution in [3.63, 3.8) is 0 Å².